The van der Waals surface area contributed by atoms with E-state index in [-0.39, 0.29) is 5.78 Å². The Morgan fingerprint density at radius 1 is 1.15 bits per heavy atom. The van der Waals surface area contributed by atoms with Gasteiger partial charge in [0.1, 0.15) is 5.78 Å². The summed E-state index contributed by atoms with van der Waals surface area (Å²) in [6.45, 7) is 2.04. The minimum Gasteiger partial charge on any atom is -0.298 e. The molecule has 0 saturated heterocycles. The first-order valence-corrected chi connectivity index (χ1v) is 7.94. The van der Waals surface area contributed by atoms with Gasteiger partial charge in [0, 0.05) is 21.4 Å². The van der Waals surface area contributed by atoms with E-state index in [0.29, 0.717) is 22.2 Å². The lowest BCUT2D eigenvalue weighted by Crippen LogP contribution is -2.06. The first-order valence-electron chi connectivity index (χ1n) is 6.19. The van der Waals surface area contributed by atoms with E-state index in [1.54, 1.807) is 30.0 Å². The summed E-state index contributed by atoms with van der Waals surface area (Å²) in [5.41, 5.74) is 1.98. The van der Waals surface area contributed by atoms with Crippen molar-refractivity contribution < 1.29 is 4.79 Å². The second-order valence-electron chi connectivity index (χ2n) is 4.56. The van der Waals surface area contributed by atoms with E-state index in [1.165, 1.54) is 5.56 Å². The zero-order chi connectivity index (χ0) is 14.5. The van der Waals surface area contributed by atoms with E-state index < -0.39 is 0 Å². The SMILES string of the molecule is Cc1cccc(SCC(=O)Cc2cc(Cl)ccc2Cl)c1. The number of carbonyl (C=O) groups excluding carboxylic acids is 1. The number of rotatable bonds is 5. The van der Waals surface area contributed by atoms with E-state index in [2.05, 4.69) is 6.07 Å². The highest BCUT2D eigenvalue weighted by atomic mass is 35.5. The Morgan fingerprint density at radius 2 is 1.95 bits per heavy atom. The maximum Gasteiger partial charge on any atom is 0.147 e. The monoisotopic (exact) mass is 324 g/mol. The molecule has 0 aromatic heterocycles. The van der Waals surface area contributed by atoms with Gasteiger partial charge in [0.2, 0.25) is 0 Å². The molecule has 0 atom stereocenters. The summed E-state index contributed by atoms with van der Waals surface area (Å²) in [6.07, 6.45) is 0.318. The smallest absolute Gasteiger partial charge is 0.147 e. The lowest BCUT2D eigenvalue weighted by Gasteiger charge is -2.05. The van der Waals surface area contributed by atoms with Crippen LogP contribution in [-0.4, -0.2) is 11.5 Å². The van der Waals surface area contributed by atoms with E-state index in [0.717, 1.165) is 10.5 Å². The van der Waals surface area contributed by atoms with Crippen molar-refractivity contribution in [2.45, 2.75) is 18.2 Å². The van der Waals surface area contributed by atoms with Crippen LogP contribution in [0.15, 0.2) is 47.4 Å². The number of ketones is 1. The third-order valence-corrected chi connectivity index (χ3v) is 4.44. The molecule has 2 aromatic carbocycles. The summed E-state index contributed by atoms with van der Waals surface area (Å²) in [5, 5.41) is 1.19. The van der Waals surface area contributed by atoms with Crippen molar-refractivity contribution in [3.05, 3.63) is 63.6 Å². The fourth-order valence-corrected chi connectivity index (χ4v) is 3.06. The summed E-state index contributed by atoms with van der Waals surface area (Å²) < 4.78 is 0. The molecule has 2 rings (SSSR count). The quantitative estimate of drug-likeness (QED) is 0.702. The van der Waals surface area contributed by atoms with Crippen LogP contribution in [0.4, 0.5) is 0 Å². The molecule has 0 N–H and O–H groups in total. The van der Waals surface area contributed by atoms with Crippen LogP contribution in [0.25, 0.3) is 0 Å². The third kappa shape index (κ3) is 4.55. The van der Waals surface area contributed by atoms with E-state index in [4.69, 9.17) is 23.2 Å². The molecule has 0 radical (unpaired) electrons. The molecule has 104 valence electrons. The zero-order valence-electron chi connectivity index (χ0n) is 11.0. The third-order valence-electron chi connectivity index (χ3n) is 2.78. The fraction of sp³-hybridized carbons (Fsp3) is 0.188. The summed E-state index contributed by atoms with van der Waals surface area (Å²) in [6, 6.07) is 13.3. The van der Waals surface area contributed by atoms with Gasteiger partial charge in [-0.15, -0.1) is 11.8 Å². The molecular weight excluding hydrogens is 311 g/mol. The minimum absolute atomic E-state index is 0.140. The average Bonchev–Trinajstić information content (AvgIpc) is 2.41. The van der Waals surface area contributed by atoms with Gasteiger partial charge in [0.05, 0.1) is 5.75 Å². The summed E-state index contributed by atoms with van der Waals surface area (Å²) in [4.78, 5) is 13.1. The first kappa shape index (κ1) is 15.4. The molecule has 0 bridgehead atoms. The molecule has 0 unspecified atom stereocenters. The predicted molar refractivity (Wildman–Crippen MR) is 87.1 cm³/mol. The molecule has 20 heavy (non-hydrogen) atoms. The molecule has 2 aromatic rings. The summed E-state index contributed by atoms with van der Waals surface area (Å²) in [5.74, 6) is 0.576. The number of Topliss-reactive ketones (excluding diaryl/α,β-unsaturated/α-hetero) is 1. The highest BCUT2D eigenvalue weighted by Gasteiger charge is 2.09. The van der Waals surface area contributed by atoms with Crippen molar-refractivity contribution in [3.63, 3.8) is 0 Å². The highest BCUT2D eigenvalue weighted by molar-refractivity contribution is 8.00. The van der Waals surface area contributed by atoms with E-state index >= 15 is 0 Å². The molecule has 0 aliphatic rings. The van der Waals surface area contributed by atoms with Gasteiger partial charge in [0.25, 0.3) is 0 Å². The Bertz CT molecular complexity index is 626. The van der Waals surface area contributed by atoms with Crippen molar-refractivity contribution in [1.82, 2.24) is 0 Å². The predicted octanol–water partition coefficient (Wildman–Crippen LogP) is 5.21. The van der Waals surface area contributed by atoms with Crippen molar-refractivity contribution in [3.8, 4) is 0 Å². The fourth-order valence-electron chi connectivity index (χ4n) is 1.81. The summed E-state index contributed by atoms with van der Waals surface area (Å²) in [7, 11) is 0. The lowest BCUT2D eigenvalue weighted by molar-refractivity contribution is -0.116. The molecule has 0 amide bonds. The van der Waals surface area contributed by atoms with Crippen LogP contribution in [0.2, 0.25) is 10.0 Å². The number of carbonyl (C=O) groups is 1. The zero-order valence-corrected chi connectivity index (χ0v) is 13.4. The van der Waals surface area contributed by atoms with Gasteiger partial charge in [-0.05, 0) is 42.8 Å². The Labute approximate surface area is 133 Å². The van der Waals surface area contributed by atoms with Crippen LogP contribution in [0.3, 0.4) is 0 Å². The van der Waals surface area contributed by atoms with Crippen LogP contribution in [0, 0.1) is 6.92 Å². The number of halogens is 2. The molecule has 4 heteroatoms. The van der Waals surface area contributed by atoms with Gasteiger partial charge in [-0.3, -0.25) is 4.79 Å². The van der Waals surface area contributed by atoms with Crippen LogP contribution >= 0.6 is 35.0 Å². The standard InChI is InChI=1S/C16H14Cl2OS/c1-11-3-2-4-15(7-11)20-10-14(19)9-12-8-13(17)5-6-16(12)18/h2-8H,9-10H2,1H3. The molecule has 0 saturated carbocycles. The topological polar surface area (TPSA) is 17.1 Å². The van der Waals surface area contributed by atoms with Gasteiger partial charge in [-0.1, -0.05) is 40.9 Å². The first-order chi connectivity index (χ1) is 9.54. The lowest BCUT2D eigenvalue weighted by atomic mass is 10.1. The second-order valence-corrected chi connectivity index (χ2v) is 6.45. The van der Waals surface area contributed by atoms with Crippen molar-refractivity contribution >= 4 is 40.7 Å². The second kappa shape index (κ2) is 7.16. The van der Waals surface area contributed by atoms with Crippen LogP contribution in [0.1, 0.15) is 11.1 Å². The minimum atomic E-state index is 0.140. The Kier molecular flexibility index (Phi) is 5.53. The maximum atomic E-state index is 12.0. The van der Waals surface area contributed by atoms with Gasteiger partial charge in [0.15, 0.2) is 0 Å². The highest BCUT2D eigenvalue weighted by Crippen LogP contribution is 2.23. The Morgan fingerprint density at radius 3 is 2.70 bits per heavy atom. The molecule has 0 spiro atoms. The Balaban J connectivity index is 1.94. The number of aryl methyl sites for hydroxylation is 1. The maximum absolute atomic E-state index is 12.0. The summed E-state index contributed by atoms with van der Waals surface area (Å²) >= 11 is 13.5. The van der Waals surface area contributed by atoms with Crippen LogP contribution in [0.5, 0.6) is 0 Å². The van der Waals surface area contributed by atoms with Gasteiger partial charge >= 0.3 is 0 Å². The van der Waals surface area contributed by atoms with Gasteiger partial charge in [-0.2, -0.15) is 0 Å². The number of benzene rings is 2. The molecule has 0 aliphatic heterocycles. The normalized spacial score (nSPS) is 10.6. The molecule has 0 fully saturated rings. The molecule has 0 heterocycles. The van der Waals surface area contributed by atoms with E-state index in [1.807, 2.05) is 25.1 Å². The largest absolute Gasteiger partial charge is 0.298 e. The number of hydrogen-bond donors (Lipinski definition) is 0. The molecular formula is C16H14Cl2OS. The Hall–Kier alpha value is -0.960. The van der Waals surface area contributed by atoms with Crippen LogP contribution < -0.4 is 0 Å². The van der Waals surface area contributed by atoms with E-state index in [9.17, 15) is 4.79 Å². The number of hydrogen-bond acceptors (Lipinski definition) is 2. The van der Waals surface area contributed by atoms with Crippen molar-refractivity contribution in [1.29, 1.82) is 0 Å². The molecule has 0 aliphatic carbocycles. The van der Waals surface area contributed by atoms with Crippen molar-refractivity contribution in [2.75, 3.05) is 5.75 Å². The van der Waals surface area contributed by atoms with Crippen LogP contribution in [-0.2, 0) is 11.2 Å². The average molecular weight is 325 g/mol. The molecule has 1 nitrogen and oxygen atoms in total. The van der Waals surface area contributed by atoms with Gasteiger partial charge < -0.3 is 0 Å². The van der Waals surface area contributed by atoms with Gasteiger partial charge in [-0.25, -0.2) is 0 Å². The van der Waals surface area contributed by atoms with Crippen molar-refractivity contribution in [2.24, 2.45) is 0 Å². The number of thioether (sulfide) groups is 1.